The monoisotopic (exact) mass is 374 g/mol. The van der Waals surface area contributed by atoms with Crippen molar-refractivity contribution < 1.29 is 0 Å². The van der Waals surface area contributed by atoms with Gasteiger partial charge in [0.05, 0.1) is 11.4 Å². The summed E-state index contributed by atoms with van der Waals surface area (Å²) >= 11 is 0. The van der Waals surface area contributed by atoms with Gasteiger partial charge in [0.25, 0.3) is 5.56 Å². The lowest BCUT2D eigenvalue weighted by Crippen LogP contribution is -2.24. The molecule has 4 rings (SSSR count). The summed E-state index contributed by atoms with van der Waals surface area (Å²) in [4.78, 5) is 23.2. The van der Waals surface area contributed by atoms with Crippen molar-refractivity contribution in [1.82, 2.24) is 29.0 Å². The van der Waals surface area contributed by atoms with E-state index in [1.165, 1.54) is 11.9 Å². The van der Waals surface area contributed by atoms with E-state index in [-0.39, 0.29) is 11.6 Å². The van der Waals surface area contributed by atoms with Crippen molar-refractivity contribution in [2.45, 2.75) is 26.4 Å². The quantitative estimate of drug-likeness (QED) is 0.537. The fourth-order valence-corrected chi connectivity index (χ4v) is 3.23. The van der Waals surface area contributed by atoms with Crippen LogP contribution < -0.4 is 5.56 Å². The van der Waals surface area contributed by atoms with E-state index < -0.39 is 0 Å². The minimum Gasteiger partial charge on any atom is -0.294 e. The van der Waals surface area contributed by atoms with Crippen molar-refractivity contribution in [3.05, 3.63) is 88.5 Å². The summed E-state index contributed by atoms with van der Waals surface area (Å²) in [6.45, 7) is 4.69. The Hall–Kier alpha value is -3.32. The van der Waals surface area contributed by atoms with Crippen LogP contribution in [0.15, 0.2) is 66.1 Å². The zero-order chi connectivity index (χ0) is 19.7. The van der Waals surface area contributed by atoms with E-state index in [9.17, 15) is 4.79 Å². The lowest BCUT2D eigenvalue weighted by molar-refractivity contribution is 0.250. The number of hydrogen-bond acceptors (Lipinski definition) is 5. The summed E-state index contributed by atoms with van der Waals surface area (Å²) in [5.41, 5.74) is 4.56. The van der Waals surface area contributed by atoms with Gasteiger partial charge in [-0.25, -0.2) is 14.6 Å². The Balaban J connectivity index is 1.53. The average Bonchev–Trinajstić information content (AvgIpc) is 3.23. The van der Waals surface area contributed by atoms with E-state index in [0.717, 1.165) is 16.9 Å². The molecule has 0 radical (unpaired) electrons. The van der Waals surface area contributed by atoms with Crippen molar-refractivity contribution >= 4 is 5.65 Å². The molecule has 0 aliphatic rings. The third-order valence-electron chi connectivity index (χ3n) is 4.99. The van der Waals surface area contributed by atoms with Crippen molar-refractivity contribution in [2.24, 2.45) is 0 Å². The van der Waals surface area contributed by atoms with Gasteiger partial charge in [-0.1, -0.05) is 18.2 Å². The number of nitrogens with zero attached hydrogens (tertiary/aromatic N) is 6. The highest BCUT2D eigenvalue weighted by Gasteiger charge is 2.14. The van der Waals surface area contributed by atoms with E-state index in [4.69, 9.17) is 0 Å². The van der Waals surface area contributed by atoms with Crippen LogP contribution in [-0.4, -0.2) is 36.1 Å². The molecule has 3 aromatic heterocycles. The molecule has 1 atom stereocenters. The highest BCUT2D eigenvalue weighted by atomic mass is 16.1. The number of aryl methyl sites for hydroxylation is 1. The highest BCUT2D eigenvalue weighted by Crippen LogP contribution is 2.21. The molecule has 7 heteroatoms. The molecule has 0 aliphatic carbocycles. The highest BCUT2D eigenvalue weighted by molar-refractivity contribution is 5.40. The van der Waals surface area contributed by atoms with Crippen molar-refractivity contribution in [3.8, 4) is 5.69 Å². The second-order valence-electron chi connectivity index (χ2n) is 7.04. The molecule has 0 saturated carbocycles. The van der Waals surface area contributed by atoms with Gasteiger partial charge in [0, 0.05) is 24.8 Å². The molecular formula is C21H22N6O. The Morgan fingerprint density at radius 1 is 1.14 bits per heavy atom. The fraction of sp³-hybridized carbons (Fsp3) is 0.238. The average molecular weight is 374 g/mol. The zero-order valence-corrected chi connectivity index (χ0v) is 16.1. The van der Waals surface area contributed by atoms with Crippen LogP contribution >= 0.6 is 0 Å². The Bertz CT molecular complexity index is 1150. The van der Waals surface area contributed by atoms with Crippen LogP contribution in [0.3, 0.4) is 0 Å². The predicted molar refractivity (Wildman–Crippen MR) is 107 cm³/mol. The van der Waals surface area contributed by atoms with E-state index in [2.05, 4.69) is 39.0 Å². The van der Waals surface area contributed by atoms with E-state index in [0.29, 0.717) is 12.2 Å². The molecule has 0 bridgehead atoms. The molecule has 7 nitrogen and oxygen atoms in total. The standard InChI is InChI=1S/C21H22N6O/c1-15-4-9-20-24-18(10-21(28)26(20)11-15)12-25(3)16(2)17-5-7-19(8-6-17)27-14-22-13-23-27/h4-11,13-14,16H,12H2,1-3H3/t16-/m1/s1. The molecule has 1 aromatic carbocycles. The molecule has 142 valence electrons. The molecule has 0 unspecified atom stereocenters. The molecule has 4 aromatic rings. The van der Waals surface area contributed by atoms with Gasteiger partial charge >= 0.3 is 0 Å². The molecule has 28 heavy (non-hydrogen) atoms. The summed E-state index contributed by atoms with van der Waals surface area (Å²) in [5.74, 6) is 0. The maximum absolute atomic E-state index is 12.4. The van der Waals surface area contributed by atoms with Gasteiger partial charge in [-0.05, 0) is 50.2 Å². The van der Waals surface area contributed by atoms with Crippen LogP contribution in [0.5, 0.6) is 0 Å². The third-order valence-corrected chi connectivity index (χ3v) is 4.99. The minimum absolute atomic E-state index is 0.0538. The topological polar surface area (TPSA) is 68.3 Å². The van der Waals surface area contributed by atoms with Crippen LogP contribution in [0.4, 0.5) is 0 Å². The summed E-state index contributed by atoms with van der Waals surface area (Å²) < 4.78 is 3.32. The maximum atomic E-state index is 12.4. The molecule has 0 amide bonds. The SMILES string of the molecule is Cc1ccc2nc(CN(C)[C@H](C)c3ccc(-n4cncn4)cc3)cc(=O)n2c1. The Labute approximate surface area is 162 Å². The number of aromatic nitrogens is 5. The van der Waals surface area contributed by atoms with Gasteiger partial charge in [0.1, 0.15) is 18.3 Å². The Morgan fingerprint density at radius 2 is 1.93 bits per heavy atom. The van der Waals surface area contributed by atoms with Gasteiger partial charge < -0.3 is 0 Å². The van der Waals surface area contributed by atoms with Gasteiger partial charge in [-0.3, -0.25) is 14.1 Å². The summed E-state index contributed by atoms with van der Waals surface area (Å²) in [7, 11) is 2.04. The maximum Gasteiger partial charge on any atom is 0.258 e. The second kappa shape index (κ2) is 7.36. The molecule has 0 spiro atoms. The van der Waals surface area contributed by atoms with E-state index >= 15 is 0 Å². The molecule has 0 saturated heterocycles. The van der Waals surface area contributed by atoms with Gasteiger partial charge in [0.15, 0.2) is 0 Å². The number of pyridine rings is 1. The molecule has 3 heterocycles. The smallest absolute Gasteiger partial charge is 0.258 e. The Morgan fingerprint density at radius 3 is 2.64 bits per heavy atom. The molecule has 0 fully saturated rings. The lowest BCUT2D eigenvalue weighted by atomic mass is 10.1. The number of hydrogen-bond donors (Lipinski definition) is 0. The third kappa shape index (κ3) is 3.57. The van der Waals surface area contributed by atoms with E-state index in [1.807, 2.05) is 44.4 Å². The summed E-state index contributed by atoms with van der Waals surface area (Å²) in [5, 5.41) is 4.15. The van der Waals surface area contributed by atoms with E-state index in [1.54, 1.807) is 21.5 Å². The van der Waals surface area contributed by atoms with Crippen LogP contribution in [-0.2, 0) is 6.54 Å². The second-order valence-corrected chi connectivity index (χ2v) is 7.04. The van der Waals surface area contributed by atoms with Crippen LogP contribution in [0.25, 0.3) is 11.3 Å². The molecule has 0 aliphatic heterocycles. The first-order chi connectivity index (χ1) is 13.5. The Kier molecular flexibility index (Phi) is 4.75. The van der Waals surface area contributed by atoms with Crippen molar-refractivity contribution in [1.29, 1.82) is 0 Å². The number of benzene rings is 1. The normalized spacial score (nSPS) is 12.6. The first kappa shape index (κ1) is 18.1. The van der Waals surface area contributed by atoms with Crippen molar-refractivity contribution in [3.63, 3.8) is 0 Å². The van der Waals surface area contributed by atoms with Crippen LogP contribution in [0.1, 0.15) is 29.8 Å². The fourth-order valence-electron chi connectivity index (χ4n) is 3.23. The van der Waals surface area contributed by atoms with Gasteiger partial charge in [-0.15, -0.1) is 0 Å². The number of rotatable bonds is 5. The number of fused-ring (bicyclic) bond motifs is 1. The predicted octanol–water partition coefficient (Wildman–Crippen LogP) is 2.78. The van der Waals surface area contributed by atoms with Gasteiger partial charge in [0.2, 0.25) is 0 Å². The van der Waals surface area contributed by atoms with Crippen LogP contribution in [0.2, 0.25) is 0 Å². The first-order valence-electron chi connectivity index (χ1n) is 9.15. The molecule has 0 N–H and O–H groups in total. The van der Waals surface area contributed by atoms with Crippen LogP contribution in [0, 0.1) is 6.92 Å². The van der Waals surface area contributed by atoms with Crippen molar-refractivity contribution in [2.75, 3.05) is 7.05 Å². The zero-order valence-electron chi connectivity index (χ0n) is 16.1. The summed E-state index contributed by atoms with van der Waals surface area (Å²) in [6, 6.07) is 13.9. The first-order valence-corrected chi connectivity index (χ1v) is 9.15. The lowest BCUT2D eigenvalue weighted by Gasteiger charge is -2.25. The molecular weight excluding hydrogens is 352 g/mol. The summed E-state index contributed by atoms with van der Waals surface area (Å²) in [6.07, 6.45) is 5.01. The van der Waals surface area contributed by atoms with Gasteiger partial charge in [-0.2, -0.15) is 5.10 Å². The minimum atomic E-state index is -0.0538. The largest absolute Gasteiger partial charge is 0.294 e.